The minimum Gasteiger partial charge on any atom is -0.494 e. The van der Waals surface area contributed by atoms with Crippen molar-refractivity contribution in [1.29, 1.82) is 5.26 Å². The van der Waals surface area contributed by atoms with E-state index in [0.29, 0.717) is 31.6 Å². The van der Waals surface area contributed by atoms with Gasteiger partial charge in [0.1, 0.15) is 23.2 Å². The van der Waals surface area contributed by atoms with Gasteiger partial charge < -0.3 is 15.2 Å². The summed E-state index contributed by atoms with van der Waals surface area (Å²) in [4.78, 5) is 10.6. The SMILES string of the molecule is COc1c(Br)cc(C2=CC(c3cccc([N+](=O)[O-])c3)C(C#N)=C(N)O2)cc1Br. The first kappa shape index (κ1) is 19.9. The number of allylic oxidation sites excluding steroid dienone is 2. The number of nitrogens with zero attached hydrogens (tertiary/aromatic N) is 2. The molecule has 1 atom stereocenters. The fourth-order valence-electron chi connectivity index (χ4n) is 2.87. The third-order valence-electron chi connectivity index (χ3n) is 4.16. The number of methoxy groups -OCH3 is 1. The topological polar surface area (TPSA) is 111 Å². The Balaban J connectivity index is 2.12. The molecule has 0 aliphatic carbocycles. The highest BCUT2D eigenvalue weighted by molar-refractivity contribution is 9.11. The van der Waals surface area contributed by atoms with Crippen molar-refractivity contribution in [3.8, 4) is 11.8 Å². The van der Waals surface area contributed by atoms with Crippen molar-refractivity contribution in [2.24, 2.45) is 5.73 Å². The van der Waals surface area contributed by atoms with Crippen molar-refractivity contribution < 1.29 is 14.4 Å². The number of nitro groups is 1. The molecule has 0 spiro atoms. The zero-order chi connectivity index (χ0) is 20.4. The summed E-state index contributed by atoms with van der Waals surface area (Å²) in [6.45, 7) is 0. The quantitative estimate of drug-likeness (QED) is 0.462. The van der Waals surface area contributed by atoms with E-state index in [1.807, 2.05) is 6.07 Å². The van der Waals surface area contributed by atoms with E-state index >= 15 is 0 Å². The number of nitriles is 1. The number of hydrogen-bond acceptors (Lipinski definition) is 6. The Morgan fingerprint density at radius 2 is 1.96 bits per heavy atom. The van der Waals surface area contributed by atoms with Gasteiger partial charge in [-0.2, -0.15) is 5.26 Å². The van der Waals surface area contributed by atoms with Gasteiger partial charge in [0, 0.05) is 23.6 Å². The predicted molar refractivity (Wildman–Crippen MR) is 110 cm³/mol. The summed E-state index contributed by atoms with van der Waals surface area (Å²) in [6, 6.07) is 11.7. The van der Waals surface area contributed by atoms with Crippen molar-refractivity contribution in [1.82, 2.24) is 0 Å². The van der Waals surface area contributed by atoms with E-state index in [1.165, 1.54) is 12.1 Å². The lowest BCUT2D eigenvalue weighted by atomic mass is 9.89. The highest BCUT2D eigenvalue weighted by atomic mass is 79.9. The minimum absolute atomic E-state index is 0.0421. The van der Waals surface area contributed by atoms with Crippen LogP contribution in [0.4, 0.5) is 5.69 Å². The molecule has 0 fully saturated rings. The maximum atomic E-state index is 11.1. The molecule has 1 aliphatic heterocycles. The maximum Gasteiger partial charge on any atom is 0.269 e. The highest BCUT2D eigenvalue weighted by Crippen LogP contribution is 2.41. The molecule has 3 rings (SSSR count). The van der Waals surface area contributed by atoms with E-state index in [1.54, 1.807) is 37.5 Å². The third kappa shape index (κ3) is 3.74. The molecule has 1 heterocycles. The molecule has 0 aromatic heterocycles. The van der Waals surface area contributed by atoms with Crippen molar-refractivity contribution in [3.05, 3.63) is 84.1 Å². The number of rotatable bonds is 4. The van der Waals surface area contributed by atoms with Crippen LogP contribution in [0.5, 0.6) is 5.75 Å². The van der Waals surface area contributed by atoms with Gasteiger partial charge in [0.2, 0.25) is 5.88 Å². The molecule has 9 heteroatoms. The lowest BCUT2D eigenvalue weighted by Gasteiger charge is -2.23. The molecule has 2 aromatic rings. The number of hydrogen-bond donors (Lipinski definition) is 1. The first-order chi connectivity index (χ1) is 13.3. The van der Waals surface area contributed by atoms with Crippen molar-refractivity contribution >= 4 is 43.3 Å². The monoisotopic (exact) mass is 505 g/mol. The largest absolute Gasteiger partial charge is 0.494 e. The molecule has 7 nitrogen and oxygen atoms in total. The van der Waals surface area contributed by atoms with Crippen LogP contribution in [0.3, 0.4) is 0 Å². The molecule has 0 amide bonds. The van der Waals surface area contributed by atoms with E-state index in [4.69, 9.17) is 15.2 Å². The first-order valence-electron chi connectivity index (χ1n) is 7.93. The van der Waals surface area contributed by atoms with Crippen LogP contribution in [0, 0.1) is 21.4 Å². The van der Waals surface area contributed by atoms with Crippen molar-refractivity contribution in [2.45, 2.75) is 5.92 Å². The molecule has 142 valence electrons. The second-order valence-corrected chi connectivity index (χ2v) is 7.53. The van der Waals surface area contributed by atoms with Gasteiger partial charge in [-0.15, -0.1) is 0 Å². The molecule has 2 N–H and O–H groups in total. The Morgan fingerprint density at radius 1 is 1.29 bits per heavy atom. The average molecular weight is 507 g/mol. The van der Waals surface area contributed by atoms with E-state index < -0.39 is 10.8 Å². The number of nitrogens with two attached hydrogens (primary N) is 1. The predicted octanol–water partition coefficient (Wildman–Crippen LogP) is 4.98. The zero-order valence-electron chi connectivity index (χ0n) is 14.5. The normalized spacial score (nSPS) is 16.1. The fourth-order valence-corrected chi connectivity index (χ4v) is 4.38. The Labute approximate surface area is 177 Å². The number of halogens is 2. The first-order valence-corrected chi connectivity index (χ1v) is 9.51. The standard InChI is InChI=1S/C19H13Br2N3O4/c1-27-18-15(20)6-11(7-16(18)21)17-8-13(14(9-22)19(23)28-17)10-3-2-4-12(5-10)24(25)26/h2-8,13H,23H2,1H3. The zero-order valence-corrected chi connectivity index (χ0v) is 17.7. The molecular formula is C19H13Br2N3O4. The Bertz CT molecular complexity index is 1050. The van der Waals surface area contributed by atoms with E-state index in [0.717, 1.165) is 0 Å². The van der Waals surface area contributed by atoms with Crippen LogP contribution < -0.4 is 10.5 Å². The van der Waals surface area contributed by atoms with E-state index in [2.05, 4.69) is 31.9 Å². The maximum absolute atomic E-state index is 11.1. The second kappa shape index (κ2) is 8.04. The van der Waals surface area contributed by atoms with Crippen LogP contribution in [0.2, 0.25) is 0 Å². The van der Waals surface area contributed by atoms with E-state index in [9.17, 15) is 15.4 Å². The van der Waals surface area contributed by atoms with Crippen LogP contribution in [-0.2, 0) is 4.74 Å². The van der Waals surface area contributed by atoms with Gasteiger partial charge in [-0.3, -0.25) is 10.1 Å². The Hall–Kier alpha value is -2.83. The molecule has 0 radical (unpaired) electrons. The van der Waals surface area contributed by atoms with Gasteiger partial charge in [0.15, 0.2) is 0 Å². The Kier molecular flexibility index (Phi) is 5.72. The van der Waals surface area contributed by atoms with Crippen LogP contribution in [0.1, 0.15) is 17.0 Å². The van der Waals surface area contributed by atoms with Crippen LogP contribution in [0.15, 0.2) is 62.9 Å². The number of non-ortho nitro benzene ring substituents is 1. The van der Waals surface area contributed by atoms with Gasteiger partial charge in [-0.1, -0.05) is 12.1 Å². The number of ether oxygens (including phenoxy) is 2. The van der Waals surface area contributed by atoms with Crippen molar-refractivity contribution in [2.75, 3.05) is 7.11 Å². The number of benzene rings is 2. The molecule has 28 heavy (non-hydrogen) atoms. The van der Waals surface area contributed by atoms with Gasteiger partial charge >= 0.3 is 0 Å². The molecule has 1 unspecified atom stereocenters. The summed E-state index contributed by atoms with van der Waals surface area (Å²) < 4.78 is 12.4. The highest BCUT2D eigenvalue weighted by Gasteiger charge is 2.27. The summed E-state index contributed by atoms with van der Waals surface area (Å²) in [5.74, 6) is 0.432. The summed E-state index contributed by atoms with van der Waals surface area (Å²) in [7, 11) is 1.55. The van der Waals surface area contributed by atoms with Gasteiger partial charge in [-0.05, 0) is 55.6 Å². The van der Waals surface area contributed by atoms with Crippen molar-refractivity contribution in [3.63, 3.8) is 0 Å². The third-order valence-corrected chi connectivity index (χ3v) is 5.34. The molecule has 1 aliphatic rings. The number of nitro benzene ring substituents is 1. The van der Waals surface area contributed by atoms with Crippen LogP contribution in [-0.4, -0.2) is 12.0 Å². The Morgan fingerprint density at radius 3 is 2.54 bits per heavy atom. The molecule has 0 saturated carbocycles. The van der Waals surface area contributed by atoms with Gasteiger partial charge in [0.05, 0.1) is 21.0 Å². The van der Waals surface area contributed by atoms with E-state index in [-0.39, 0.29) is 17.1 Å². The molecule has 0 bridgehead atoms. The van der Waals surface area contributed by atoms with Gasteiger partial charge in [0.25, 0.3) is 5.69 Å². The van der Waals surface area contributed by atoms with Crippen LogP contribution >= 0.6 is 31.9 Å². The smallest absolute Gasteiger partial charge is 0.269 e. The molecule has 0 saturated heterocycles. The summed E-state index contributed by atoms with van der Waals surface area (Å²) >= 11 is 6.89. The minimum atomic E-state index is -0.576. The summed E-state index contributed by atoms with van der Waals surface area (Å²) in [6.07, 6.45) is 1.72. The second-order valence-electron chi connectivity index (χ2n) is 5.83. The van der Waals surface area contributed by atoms with Crippen LogP contribution in [0.25, 0.3) is 5.76 Å². The average Bonchev–Trinajstić information content (AvgIpc) is 2.67. The molecule has 2 aromatic carbocycles. The summed E-state index contributed by atoms with van der Waals surface area (Å²) in [5, 5.41) is 20.6. The molecular weight excluding hydrogens is 494 g/mol. The lowest BCUT2D eigenvalue weighted by molar-refractivity contribution is -0.384. The van der Waals surface area contributed by atoms with Gasteiger partial charge in [-0.25, -0.2) is 0 Å². The lowest BCUT2D eigenvalue weighted by Crippen LogP contribution is -2.16. The summed E-state index contributed by atoms with van der Waals surface area (Å²) in [5.41, 5.74) is 7.37. The fraction of sp³-hybridized carbons (Fsp3) is 0.105.